The molecule has 5 N–H and O–H groups in total. The number of benzene rings is 3. The molecule has 0 spiro atoms. The average molecular weight is 1120 g/mol. The molecule has 0 unspecified atom stereocenters. The van der Waals surface area contributed by atoms with E-state index < -0.39 is 67.9 Å². The van der Waals surface area contributed by atoms with E-state index in [1.165, 1.54) is 30.5 Å². The summed E-state index contributed by atoms with van der Waals surface area (Å²) in [5, 5.41) is 27.8. The van der Waals surface area contributed by atoms with E-state index in [9.17, 15) is 41.5 Å². The Morgan fingerprint density at radius 3 is 2.39 bits per heavy atom. The fourth-order valence-corrected chi connectivity index (χ4v) is 11.0. The molecule has 79 heavy (non-hydrogen) atoms. The number of carbonyl (C=O) groups excluding carboxylic acids is 4. The highest BCUT2D eigenvalue weighted by Gasteiger charge is 2.44. The van der Waals surface area contributed by atoms with Crippen molar-refractivity contribution in [1.82, 2.24) is 50.4 Å². The largest absolute Gasteiger partial charge is 0.480 e. The molecule has 3 aromatic carbocycles. The molecule has 0 aliphatic carbocycles. The summed E-state index contributed by atoms with van der Waals surface area (Å²) in [7, 11) is -3.26. The number of fused-ring (bicyclic) bond motifs is 1. The third-order valence-corrected chi connectivity index (χ3v) is 15.6. The van der Waals surface area contributed by atoms with Crippen LogP contribution in [-0.2, 0) is 31.0 Å². The highest BCUT2D eigenvalue weighted by Crippen LogP contribution is 2.34. The normalized spacial score (nSPS) is 15.0. The monoisotopic (exact) mass is 1120 g/mol. The van der Waals surface area contributed by atoms with Crippen LogP contribution in [0.1, 0.15) is 68.1 Å². The first-order valence-electron chi connectivity index (χ1n) is 25.0. The Morgan fingerprint density at radius 2 is 1.66 bits per heavy atom. The summed E-state index contributed by atoms with van der Waals surface area (Å²) in [4.78, 5) is 69.4. The maximum absolute atomic E-state index is 14.5. The zero-order valence-corrected chi connectivity index (χ0v) is 45.1. The number of methoxy groups -OCH3 is 1. The van der Waals surface area contributed by atoms with Gasteiger partial charge in [-0.05, 0) is 78.8 Å². The molecule has 3 atom stereocenters. The number of rotatable bonds is 19. The molecular weight excluding hydrogens is 1060 g/mol. The average Bonchev–Trinajstić information content (AvgIpc) is 4.39. The van der Waals surface area contributed by atoms with Gasteiger partial charge in [0.1, 0.15) is 45.6 Å². The third kappa shape index (κ3) is 12.5. The molecule has 4 amide bonds. The van der Waals surface area contributed by atoms with Gasteiger partial charge in [-0.15, -0.1) is 21.5 Å². The molecule has 24 heteroatoms. The van der Waals surface area contributed by atoms with Gasteiger partial charge in [-0.3, -0.25) is 28.3 Å². The highest BCUT2D eigenvalue weighted by molar-refractivity contribution is 7.92. The standard InChI is InChI=1S/C55H55F2N11O9S2/c1-31-47(78-30-62-31)33-15-13-32(14-16-33)25-60-50(72)42-24-37(69)29-68(42)54(73)48(55(2,3)4)63-46(70)12-8-9-21-58-49(71)38-10-6-7-11-39(38)51-64-65-53(77-51)43-27-59-45-20-17-34(28-67(43)45)35-22-41(52(76-5)61-26-35)66-79(74,75)44-19-18-36(56)23-40(44)57/h6-7,10-11,13-20,22-23,26-28,30,37,42,48,66,69H,8-9,12,21,24-25,29H2,1-5H3,(H,58,71)(H,60,72)(H,63,70)/t37-,42+,48+/m0/s1. The number of aromatic nitrogens is 6. The van der Waals surface area contributed by atoms with Crippen LogP contribution in [0.3, 0.4) is 0 Å². The van der Waals surface area contributed by atoms with E-state index in [1.807, 2.05) is 52.0 Å². The fraction of sp³-hybridized carbons (Fsp3) is 0.291. The van der Waals surface area contributed by atoms with Crippen molar-refractivity contribution in [3.63, 3.8) is 0 Å². The number of imidazole rings is 1. The Bertz CT molecular complexity index is 3690. The van der Waals surface area contributed by atoms with Gasteiger partial charge in [-0.2, -0.15) is 0 Å². The first-order chi connectivity index (χ1) is 37.8. The lowest BCUT2D eigenvalue weighted by atomic mass is 9.85. The van der Waals surface area contributed by atoms with Crippen molar-refractivity contribution in [2.24, 2.45) is 5.41 Å². The summed E-state index contributed by atoms with van der Waals surface area (Å²) < 4.78 is 69.8. The first-order valence-corrected chi connectivity index (χ1v) is 27.4. The summed E-state index contributed by atoms with van der Waals surface area (Å²) in [6.45, 7) is 7.78. The fourth-order valence-electron chi connectivity index (χ4n) is 9.07. The van der Waals surface area contributed by atoms with Crippen molar-refractivity contribution >= 4 is 56.3 Å². The van der Waals surface area contributed by atoms with Gasteiger partial charge in [0.25, 0.3) is 21.8 Å². The number of ether oxygens (including phenoxy) is 1. The van der Waals surface area contributed by atoms with Gasteiger partial charge in [0.15, 0.2) is 0 Å². The van der Waals surface area contributed by atoms with Crippen LogP contribution < -0.4 is 25.4 Å². The number of aliphatic hydroxyl groups is 1. The van der Waals surface area contributed by atoms with E-state index in [1.54, 1.807) is 63.8 Å². The number of β-amino-alcohol motifs (C(OH)–C–C–N with tert-alkyl or cyclic N) is 1. The molecule has 410 valence electrons. The lowest BCUT2D eigenvalue weighted by Gasteiger charge is -2.35. The minimum atomic E-state index is -4.54. The summed E-state index contributed by atoms with van der Waals surface area (Å²) in [5.74, 6) is -3.91. The Hall–Kier alpha value is -8.48. The molecule has 5 aromatic heterocycles. The second kappa shape index (κ2) is 23.2. The predicted molar refractivity (Wildman–Crippen MR) is 289 cm³/mol. The third-order valence-electron chi connectivity index (χ3n) is 13.2. The van der Waals surface area contributed by atoms with Crippen LogP contribution in [0.15, 0.2) is 118 Å². The van der Waals surface area contributed by atoms with Crippen LogP contribution in [0.4, 0.5) is 14.5 Å². The summed E-state index contributed by atoms with van der Waals surface area (Å²) in [6.07, 6.45) is 4.64. The van der Waals surface area contributed by atoms with Gasteiger partial charge in [0.05, 0.1) is 46.6 Å². The number of amides is 4. The lowest BCUT2D eigenvalue weighted by molar-refractivity contribution is -0.144. The number of hydrogen-bond donors (Lipinski definition) is 5. The molecule has 1 fully saturated rings. The quantitative estimate of drug-likeness (QED) is 0.0496. The predicted octanol–water partition coefficient (Wildman–Crippen LogP) is 7.34. The topological polar surface area (TPSA) is 265 Å². The van der Waals surface area contributed by atoms with Crippen LogP contribution in [-0.4, -0.2) is 110 Å². The second-order valence-electron chi connectivity index (χ2n) is 19.9. The van der Waals surface area contributed by atoms with Crippen LogP contribution in [0.5, 0.6) is 5.88 Å². The van der Waals surface area contributed by atoms with E-state index in [0.717, 1.165) is 33.8 Å². The number of hydrogen-bond acceptors (Lipinski definition) is 15. The Morgan fingerprint density at radius 1 is 0.899 bits per heavy atom. The van der Waals surface area contributed by atoms with Gasteiger partial charge in [0, 0.05) is 62.1 Å². The number of nitrogens with one attached hydrogen (secondary N) is 4. The number of carbonyl (C=O) groups is 4. The molecule has 1 saturated heterocycles. The number of nitrogens with zero attached hydrogens (tertiary/aromatic N) is 7. The number of pyridine rings is 2. The molecule has 0 radical (unpaired) electrons. The minimum absolute atomic E-state index is 0.0416. The number of halogens is 2. The SMILES string of the molecule is COc1ncc(-c2ccc3ncc(-c4nnc(-c5ccccc5C(=O)NCCCCC(=O)N[C@H](C(=O)N5C[C@@H](O)C[C@@H]5C(=O)NCc5ccc(-c6scnc6C)cc5)C(C)(C)C)o4)n3c2)cc1NS(=O)(=O)c1ccc(F)cc1F. The Kier molecular flexibility index (Phi) is 16.3. The summed E-state index contributed by atoms with van der Waals surface area (Å²) >= 11 is 1.55. The van der Waals surface area contributed by atoms with Crippen LogP contribution in [0, 0.1) is 24.0 Å². The number of aryl methyl sites for hydroxylation is 1. The molecule has 1 aliphatic rings. The van der Waals surface area contributed by atoms with E-state index >= 15 is 0 Å². The maximum atomic E-state index is 14.5. The van der Waals surface area contributed by atoms with E-state index in [0.29, 0.717) is 46.9 Å². The lowest BCUT2D eigenvalue weighted by Crippen LogP contribution is -2.57. The maximum Gasteiger partial charge on any atom is 0.266 e. The minimum Gasteiger partial charge on any atom is -0.480 e. The van der Waals surface area contributed by atoms with Crippen molar-refractivity contribution in [2.45, 2.75) is 83.0 Å². The van der Waals surface area contributed by atoms with Gasteiger partial charge >= 0.3 is 0 Å². The number of likely N-dealkylation sites (tertiary alicyclic amines) is 1. The van der Waals surface area contributed by atoms with Crippen molar-refractivity contribution < 1.29 is 50.6 Å². The number of sulfonamides is 1. The number of thiazole rings is 1. The smallest absolute Gasteiger partial charge is 0.266 e. The van der Waals surface area contributed by atoms with Crippen molar-refractivity contribution in [1.29, 1.82) is 0 Å². The van der Waals surface area contributed by atoms with Crippen molar-refractivity contribution in [2.75, 3.05) is 24.9 Å². The Labute approximate surface area is 456 Å². The summed E-state index contributed by atoms with van der Waals surface area (Å²) in [6, 6.07) is 19.5. The molecule has 6 heterocycles. The second-order valence-corrected chi connectivity index (χ2v) is 22.4. The number of anilines is 1. The van der Waals surface area contributed by atoms with Gasteiger partial charge < -0.3 is 35.1 Å². The van der Waals surface area contributed by atoms with Crippen LogP contribution in [0.25, 0.3) is 50.3 Å². The Balaban J connectivity index is 0.792. The zero-order chi connectivity index (χ0) is 56.2. The van der Waals surface area contributed by atoms with Gasteiger partial charge in [-0.1, -0.05) is 57.2 Å². The zero-order valence-electron chi connectivity index (χ0n) is 43.5. The molecule has 8 aromatic rings. The van der Waals surface area contributed by atoms with E-state index in [-0.39, 0.29) is 67.3 Å². The molecule has 9 rings (SSSR count). The molecular formula is C55H55F2N11O9S2. The van der Waals surface area contributed by atoms with Crippen LogP contribution >= 0.6 is 11.3 Å². The molecule has 0 bridgehead atoms. The van der Waals surface area contributed by atoms with E-state index in [2.05, 4.69) is 45.8 Å². The number of unbranched alkanes of at least 4 members (excludes halogenated alkanes) is 1. The first kappa shape index (κ1) is 55.3. The molecule has 1 aliphatic heterocycles. The van der Waals surface area contributed by atoms with Gasteiger partial charge in [0.2, 0.25) is 29.5 Å². The van der Waals surface area contributed by atoms with Crippen LogP contribution in [0.2, 0.25) is 0 Å². The van der Waals surface area contributed by atoms with Crippen molar-refractivity contribution in [3.8, 4) is 50.5 Å². The van der Waals surface area contributed by atoms with Crippen molar-refractivity contribution in [3.05, 3.63) is 137 Å². The van der Waals surface area contributed by atoms with Gasteiger partial charge in [-0.25, -0.2) is 32.2 Å². The van der Waals surface area contributed by atoms with E-state index in [4.69, 9.17) is 9.15 Å². The summed E-state index contributed by atoms with van der Waals surface area (Å²) in [5.41, 5.74) is 6.20. The molecule has 0 saturated carbocycles. The highest BCUT2D eigenvalue weighted by atomic mass is 32.2. The molecule has 20 nitrogen and oxygen atoms in total. The number of aliphatic hydroxyl groups excluding tert-OH is 1.